The number of aromatic nitrogens is 1. The van der Waals surface area contributed by atoms with Crippen molar-refractivity contribution in [1.29, 1.82) is 0 Å². The van der Waals surface area contributed by atoms with Crippen LogP contribution in [-0.4, -0.2) is 43.4 Å². The number of pyridine rings is 1. The van der Waals surface area contributed by atoms with Gasteiger partial charge in [0.1, 0.15) is 5.82 Å². The summed E-state index contributed by atoms with van der Waals surface area (Å²) in [5.74, 6) is -1.38. The molecule has 2 atom stereocenters. The van der Waals surface area contributed by atoms with E-state index in [4.69, 9.17) is 4.74 Å². The number of morpholine rings is 1. The van der Waals surface area contributed by atoms with E-state index in [0.29, 0.717) is 32.6 Å². The minimum absolute atomic E-state index is 0.106. The second-order valence-corrected chi connectivity index (χ2v) is 6.94. The molecule has 0 aromatic carbocycles. The molecule has 144 valence electrons. The van der Waals surface area contributed by atoms with E-state index >= 15 is 0 Å². The molecule has 1 amide bonds. The van der Waals surface area contributed by atoms with Crippen molar-refractivity contribution in [2.45, 2.75) is 38.4 Å². The van der Waals surface area contributed by atoms with Crippen molar-refractivity contribution in [1.82, 2.24) is 10.3 Å². The summed E-state index contributed by atoms with van der Waals surface area (Å²) in [6.07, 6.45) is -1.54. The molecule has 5 nitrogen and oxygen atoms in total. The van der Waals surface area contributed by atoms with Gasteiger partial charge in [0.15, 0.2) is 0 Å². The lowest BCUT2D eigenvalue weighted by atomic mass is 9.80. The number of anilines is 1. The van der Waals surface area contributed by atoms with E-state index in [9.17, 15) is 18.0 Å². The summed E-state index contributed by atoms with van der Waals surface area (Å²) in [5, 5.41) is 2.79. The molecule has 1 aromatic rings. The highest BCUT2D eigenvalue weighted by Gasteiger charge is 2.43. The maximum Gasteiger partial charge on any atom is 0.391 e. The fourth-order valence-corrected chi connectivity index (χ4v) is 3.59. The molecule has 0 radical (unpaired) electrons. The molecular weight excluding hydrogens is 347 g/mol. The summed E-state index contributed by atoms with van der Waals surface area (Å²) < 4.78 is 44.0. The second kappa shape index (κ2) is 8.24. The smallest absolute Gasteiger partial charge is 0.378 e. The van der Waals surface area contributed by atoms with Crippen LogP contribution in [0.4, 0.5) is 19.0 Å². The predicted molar refractivity (Wildman–Crippen MR) is 90.6 cm³/mol. The van der Waals surface area contributed by atoms with Crippen molar-refractivity contribution in [3.05, 3.63) is 23.9 Å². The third-order valence-corrected chi connectivity index (χ3v) is 5.12. The number of nitrogens with zero attached hydrogens (tertiary/aromatic N) is 2. The van der Waals surface area contributed by atoms with Gasteiger partial charge in [-0.2, -0.15) is 13.2 Å². The lowest BCUT2D eigenvalue weighted by Crippen LogP contribution is -2.37. The van der Waals surface area contributed by atoms with E-state index in [1.807, 2.05) is 12.1 Å². The number of rotatable bonds is 4. The Labute approximate surface area is 150 Å². The minimum Gasteiger partial charge on any atom is -0.378 e. The Morgan fingerprint density at radius 3 is 2.81 bits per heavy atom. The molecule has 1 aromatic heterocycles. The summed E-state index contributed by atoms with van der Waals surface area (Å²) >= 11 is 0. The molecule has 2 heterocycles. The van der Waals surface area contributed by atoms with Gasteiger partial charge < -0.3 is 15.0 Å². The van der Waals surface area contributed by atoms with E-state index in [-0.39, 0.29) is 18.7 Å². The van der Waals surface area contributed by atoms with Crippen molar-refractivity contribution >= 4 is 11.7 Å². The minimum atomic E-state index is -4.21. The standard InChI is InChI=1S/C18H24F3N3O2/c19-18(20,21)15-3-1-2-14(11-15)17(25)23-12-13-4-5-22-16(10-13)24-6-8-26-9-7-24/h4-5,10,14-15H,1-3,6-9,11-12H2,(H,23,25). The Morgan fingerprint density at radius 1 is 1.31 bits per heavy atom. The number of carbonyl (C=O) groups is 1. The molecule has 2 aliphatic rings. The first kappa shape index (κ1) is 18.9. The van der Waals surface area contributed by atoms with Crippen LogP contribution in [-0.2, 0) is 16.1 Å². The third-order valence-electron chi connectivity index (χ3n) is 5.12. The van der Waals surface area contributed by atoms with Gasteiger partial charge >= 0.3 is 6.18 Å². The number of carbonyl (C=O) groups excluding carboxylic acids is 1. The molecule has 0 spiro atoms. The zero-order valence-corrected chi connectivity index (χ0v) is 14.6. The van der Waals surface area contributed by atoms with Crippen LogP contribution in [0.1, 0.15) is 31.2 Å². The van der Waals surface area contributed by atoms with Gasteiger partial charge in [-0.3, -0.25) is 4.79 Å². The number of alkyl halides is 3. The van der Waals surface area contributed by atoms with Crippen LogP contribution < -0.4 is 10.2 Å². The lowest BCUT2D eigenvalue weighted by molar-refractivity contribution is -0.186. The van der Waals surface area contributed by atoms with Crippen molar-refractivity contribution in [3.8, 4) is 0 Å². The number of amides is 1. The monoisotopic (exact) mass is 371 g/mol. The first-order valence-electron chi connectivity index (χ1n) is 9.05. The second-order valence-electron chi connectivity index (χ2n) is 6.94. The largest absolute Gasteiger partial charge is 0.391 e. The normalized spacial score (nSPS) is 24.3. The van der Waals surface area contributed by atoms with Gasteiger partial charge in [-0.25, -0.2) is 4.98 Å². The lowest BCUT2D eigenvalue weighted by Gasteiger charge is -2.30. The molecule has 1 N–H and O–H groups in total. The summed E-state index contributed by atoms with van der Waals surface area (Å²) in [4.78, 5) is 18.8. The number of ether oxygens (including phenoxy) is 1. The van der Waals surface area contributed by atoms with Gasteiger partial charge in [0.2, 0.25) is 5.91 Å². The van der Waals surface area contributed by atoms with Crippen LogP contribution in [0.15, 0.2) is 18.3 Å². The van der Waals surface area contributed by atoms with E-state index < -0.39 is 18.0 Å². The molecule has 1 saturated carbocycles. The molecule has 0 bridgehead atoms. The zero-order valence-electron chi connectivity index (χ0n) is 14.6. The van der Waals surface area contributed by atoms with Gasteiger partial charge in [0, 0.05) is 31.7 Å². The molecule has 2 fully saturated rings. The number of hydrogen-bond acceptors (Lipinski definition) is 4. The van der Waals surface area contributed by atoms with Gasteiger partial charge in [-0.05, 0) is 37.0 Å². The topological polar surface area (TPSA) is 54.5 Å². The zero-order chi connectivity index (χ0) is 18.6. The molecule has 1 aliphatic carbocycles. The van der Waals surface area contributed by atoms with E-state index in [0.717, 1.165) is 24.5 Å². The Bertz CT molecular complexity index is 618. The molecule has 2 unspecified atom stereocenters. The number of hydrogen-bond donors (Lipinski definition) is 1. The van der Waals surface area contributed by atoms with E-state index in [1.54, 1.807) is 6.20 Å². The average molecular weight is 371 g/mol. The molecule has 1 saturated heterocycles. The fraction of sp³-hybridized carbons (Fsp3) is 0.667. The maximum atomic E-state index is 12.9. The third kappa shape index (κ3) is 4.87. The quantitative estimate of drug-likeness (QED) is 0.884. The van der Waals surface area contributed by atoms with Crippen LogP contribution in [0.2, 0.25) is 0 Å². The van der Waals surface area contributed by atoms with Crippen LogP contribution in [0.25, 0.3) is 0 Å². The van der Waals surface area contributed by atoms with Crippen LogP contribution in [0.5, 0.6) is 0 Å². The number of nitrogens with one attached hydrogen (secondary N) is 1. The Morgan fingerprint density at radius 2 is 2.08 bits per heavy atom. The summed E-state index contributed by atoms with van der Waals surface area (Å²) in [6.45, 7) is 3.15. The summed E-state index contributed by atoms with van der Waals surface area (Å²) in [6, 6.07) is 3.72. The van der Waals surface area contributed by atoms with Crippen LogP contribution in [0.3, 0.4) is 0 Å². The number of halogens is 3. The van der Waals surface area contributed by atoms with E-state index in [1.165, 1.54) is 0 Å². The molecule has 26 heavy (non-hydrogen) atoms. The first-order chi connectivity index (χ1) is 12.4. The van der Waals surface area contributed by atoms with Gasteiger partial charge in [0.05, 0.1) is 19.1 Å². The highest BCUT2D eigenvalue weighted by atomic mass is 19.4. The molecular formula is C18H24F3N3O2. The average Bonchev–Trinajstić information content (AvgIpc) is 2.66. The SMILES string of the molecule is O=C(NCc1ccnc(N2CCOCC2)c1)C1CCCC(C(F)(F)F)C1. The van der Waals surface area contributed by atoms with Gasteiger partial charge in [0.25, 0.3) is 0 Å². The van der Waals surface area contributed by atoms with Gasteiger partial charge in [-0.15, -0.1) is 0 Å². The van der Waals surface area contributed by atoms with Crippen LogP contribution in [0, 0.1) is 11.8 Å². The van der Waals surface area contributed by atoms with Crippen molar-refractivity contribution in [2.24, 2.45) is 11.8 Å². The highest BCUT2D eigenvalue weighted by molar-refractivity contribution is 5.78. The Kier molecular flexibility index (Phi) is 6.01. The first-order valence-corrected chi connectivity index (χ1v) is 9.05. The van der Waals surface area contributed by atoms with Crippen molar-refractivity contribution in [2.75, 3.05) is 31.2 Å². The summed E-state index contributed by atoms with van der Waals surface area (Å²) in [5.41, 5.74) is 0.887. The maximum absolute atomic E-state index is 12.9. The molecule has 1 aliphatic heterocycles. The highest BCUT2D eigenvalue weighted by Crippen LogP contribution is 2.39. The predicted octanol–water partition coefficient (Wildman–Crippen LogP) is 2.90. The van der Waals surface area contributed by atoms with E-state index in [2.05, 4.69) is 15.2 Å². The Balaban J connectivity index is 1.54. The molecule has 3 rings (SSSR count). The molecule has 8 heteroatoms. The van der Waals surface area contributed by atoms with Gasteiger partial charge in [-0.1, -0.05) is 6.42 Å². The fourth-order valence-electron chi connectivity index (χ4n) is 3.59. The van der Waals surface area contributed by atoms with Crippen LogP contribution >= 0.6 is 0 Å². The summed E-state index contributed by atoms with van der Waals surface area (Å²) in [7, 11) is 0. The van der Waals surface area contributed by atoms with Crippen molar-refractivity contribution in [3.63, 3.8) is 0 Å². The van der Waals surface area contributed by atoms with Crippen molar-refractivity contribution < 1.29 is 22.7 Å². The Hall–Kier alpha value is -1.83.